The fourth-order valence-corrected chi connectivity index (χ4v) is 3.55. The van der Waals surface area contributed by atoms with E-state index in [1.165, 1.54) is 12.3 Å². The zero-order valence-electron chi connectivity index (χ0n) is 9.59. The predicted molar refractivity (Wildman–Crippen MR) is 67.8 cm³/mol. The molecule has 2 heterocycles. The molecule has 0 radical (unpaired) electrons. The molecule has 98 valence electrons. The number of anilines is 2. The molecule has 0 bridgehead atoms. The highest BCUT2D eigenvalue weighted by Gasteiger charge is 2.28. The van der Waals surface area contributed by atoms with Crippen LogP contribution < -0.4 is 16.8 Å². The van der Waals surface area contributed by atoms with Gasteiger partial charge in [0.1, 0.15) is 5.82 Å². The van der Waals surface area contributed by atoms with Gasteiger partial charge < -0.3 is 16.8 Å². The Hall–Kier alpha value is -1.83. The fourth-order valence-electron chi connectivity index (χ4n) is 1.88. The van der Waals surface area contributed by atoms with E-state index in [1.807, 2.05) is 0 Å². The Balaban J connectivity index is 2.16. The maximum Gasteiger partial charge on any atom is 0.250 e. The van der Waals surface area contributed by atoms with E-state index in [9.17, 15) is 13.2 Å². The maximum atomic E-state index is 11.3. The lowest BCUT2D eigenvalue weighted by molar-refractivity contribution is 0.100. The van der Waals surface area contributed by atoms with Crippen molar-refractivity contribution in [2.24, 2.45) is 5.73 Å². The summed E-state index contributed by atoms with van der Waals surface area (Å²) < 4.78 is 22.6. The third-order valence-electron chi connectivity index (χ3n) is 2.78. The summed E-state index contributed by atoms with van der Waals surface area (Å²) in [5.41, 5.74) is 11.1. The van der Waals surface area contributed by atoms with Crippen molar-refractivity contribution in [2.75, 3.05) is 22.6 Å². The molecule has 8 heteroatoms. The Morgan fingerprint density at radius 1 is 1.50 bits per heavy atom. The average molecular weight is 270 g/mol. The minimum atomic E-state index is -2.96. The number of hydrogen-bond acceptors (Lipinski definition) is 6. The molecule has 1 fully saturated rings. The van der Waals surface area contributed by atoms with Crippen molar-refractivity contribution in [1.82, 2.24) is 4.98 Å². The highest BCUT2D eigenvalue weighted by molar-refractivity contribution is 7.91. The first kappa shape index (κ1) is 12.6. The largest absolute Gasteiger partial charge is 0.397 e. The van der Waals surface area contributed by atoms with E-state index in [0.29, 0.717) is 12.2 Å². The van der Waals surface area contributed by atoms with Gasteiger partial charge >= 0.3 is 0 Å². The molecule has 1 aliphatic rings. The maximum absolute atomic E-state index is 11.3. The molecule has 5 N–H and O–H groups in total. The van der Waals surface area contributed by atoms with Gasteiger partial charge in [-0.25, -0.2) is 13.4 Å². The van der Waals surface area contributed by atoms with Crippen molar-refractivity contribution in [3.05, 3.63) is 17.8 Å². The van der Waals surface area contributed by atoms with Crippen molar-refractivity contribution in [2.45, 2.75) is 12.5 Å². The summed E-state index contributed by atoms with van der Waals surface area (Å²) in [5, 5.41) is 2.97. The summed E-state index contributed by atoms with van der Waals surface area (Å²) in [7, 11) is -2.96. The third kappa shape index (κ3) is 2.70. The molecule has 18 heavy (non-hydrogen) atoms. The van der Waals surface area contributed by atoms with Gasteiger partial charge in [-0.1, -0.05) is 0 Å². The van der Waals surface area contributed by atoms with Crippen LogP contribution in [0.1, 0.15) is 16.8 Å². The van der Waals surface area contributed by atoms with Gasteiger partial charge in [-0.3, -0.25) is 4.79 Å². The molecule has 0 saturated carbocycles. The van der Waals surface area contributed by atoms with Crippen LogP contribution in [0.4, 0.5) is 11.5 Å². The van der Waals surface area contributed by atoms with Crippen LogP contribution in [0, 0.1) is 0 Å². The van der Waals surface area contributed by atoms with Crippen LogP contribution in [-0.4, -0.2) is 36.9 Å². The Bertz CT molecular complexity index is 585. The molecule has 1 unspecified atom stereocenters. The lowest BCUT2D eigenvalue weighted by Crippen LogP contribution is -2.22. The van der Waals surface area contributed by atoms with Gasteiger partial charge in [0, 0.05) is 6.04 Å². The lowest BCUT2D eigenvalue weighted by atomic mass is 10.2. The standard InChI is InChI=1S/C10H14N4O3S/c11-8-4-13-9(3-7(8)10(12)15)14-6-1-2-18(16,17)5-6/h3-4,6H,1-2,5,11H2,(H2,12,15)(H,13,14). The number of rotatable bonds is 3. The Morgan fingerprint density at radius 2 is 2.22 bits per heavy atom. The van der Waals surface area contributed by atoms with Crippen molar-refractivity contribution < 1.29 is 13.2 Å². The number of amides is 1. The van der Waals surface area contributed by atoms with Crippen LogP contribution in [0.15, 0.2) is 12.3 Å². The summed E-state index contributed by atoms with van der Waals surface area (Å²) in [6.07, 6.45) is 1.85. The number of nitrogens with two attached hydrogens (primary N) is 2. The second-order valence-corrected chi connectivity index (χ2v) is 6.49. The lowest BCUT2D eigenvalue weighted by Gasteiger charge is -2.12. The summed E-state index contributed by atoms with van der Waals surface area (Å²) in [5.74, 6) is 0.00453. The SMILES string of the molecule is NC(=O)c1cc(NC2CCS(=O)(=O)C2)ncc1N. The van der Waals surface area contributed by atoms with Gasteiger partial charge in [0.2, 0.25) is 0 Å². The topological polar surface area (TPSA) is 128 Å². The first-order valence-corrected chi connectivity index (χ1v) is 7.22. The van der Waals surface area contributed by atoms with E-state index in [4.69, 9.17) is 11.5 Å². The number of hydrogen-bond donors (Lipinski definition) is 3. The van der Waals surface area contributed by atoms with Crippen LogP contribution in [0.3, 0.4) is 0 Å². The van der Waals surface area contributed by atoms with Crippen LogP contribution in [0.2, 0.25) is 0 Å². The summed E-state index contributed by atoms with van der Waals surface area (Å²) in [4.78, 5) is 15.1. The minimum absolute atomic E-state index is 0.0744. The van der Waals surface area contributed by atoms with Gasteiger partial charge in [0.15, 0.2) is 9.84 Å². The van der Waals surface area contributed by atoms with E-state index in [-0.39, 0.29) is 28.8 Å². The Morgan fingerprint density at radius 3 is 2.78 bits per heavy atom. The minimum Gasteiger partial charge on any atom is -0.397 e. The monoisotopic (exact) mass is 270 g/mol. The molecule has 1 aliphatic heterocycles. The third-order valence-corrected chi connectivity index (χ3v) is 4.55. The highest BCUT2D eigenvalue weighted by atomic mass is 32.2. The number of pyridine rings is 1. The fraction of sp³-hybridized carbons (Fsp3) is 0.400. The van der Waals surface area contributed by atoms with Crippen LogP contribution in [0.5, 0.6) is 0 Å². The normalized spacial score (nSPS) is 21.7. The number of sulfone groups is 1. The molecule has 1 amide bonds. The summed E-state index contributed by atoms with van der Waals surface area (Å²) in [6, 6.07) is 1.25. The van der Waals surface area contributed by atoms with Crippen LogP contribution in [-0.2, 0) is 9.84 Å². The molecular formula is C10H14N4O3S. The van der Waals surface area contributed by atoms with Gasteiger partial charge in [-0.15, -0.1) is 0 Å². The molecule has 0 aliphatic carbocycles. The number of carbonyl (C=O) groups excluding carboxylic acids is 1. The summed E-state index contributed by atoms with van der Waals surface area (Å²) in [6.45, 7) is 0. The van der Waals surface area contributed by atoms with Crippen LogP contribution in [0.25, 0.3) is 0 Å². The number of primary amides is 1. The Labute approximate surface area is 104 Å². The molecule has 0 aromatic carbocycles. The molecular weight excluding hydrogens is 256 g/mol. The van der Waals surface area contributed by atoms with E-state index in [1.54, 1.807) is 0 Å². The zero-order valence-corrected chi connectivity index (χ0v) is 10.4. The molecule has 1 aromatic rings. The van der Waals surface area contributed by atoms with E-state index >= 15 is 0 Å². The number of nitrogen functional groups attached to an aromatic ring is 1. The van der Waals surface area contributed by atoms with Gasteiger partial charge in [-0.2, -0.15) is 0 Å². The molecule has 1 atom stereocenters. The van der Waals surface area contributed by atoms with E-state index in [2.05, 4.69) is 10.3 Å². The molecule has 7 nitrogen and oxygen atoms in total. The van der Waals surface area contributed by atoms with Crippen molar-refractivity contribution in [3.63, 3.8) is 0 Å². The second-order valence-electron chi connectivity index (χ2n) is 4.27. The predicted octanol–water partition coefficient (Wildman–Crippen LogP) is -0.638. The van der Waals surface area contributed by atoms with E-state index in [0.717, 1.165) is 0 Å². The molecule has 0 spiro atoms. The van der Waals surface area contributed by atoms with Gasteiger partial charge in [0.25, 0.3) is 5.91 Å². The van der Waals surface area contributed by atoms with Crippen LogP contribution >= 0.6 is 0 Å². The second kappa shape index (κ2) is 4.45. The number of aromatic nitrogens is 1. The number of carbonyl (C=O) groups is 1. The molecule has 2 rings (SSSR count). The smallest absolute Gasteiger partial charge is 0.250 e. The van der Waals surface area contributed by atoms with Gasteiger partial charge in [-0.05, 0) is 12.5 Å². The quantitative estimate of drug-likeness (QED) is 0.670. The first-order valence-electron chi connectivity index (χ1n) is 5.40. The Kier molecular flexibility index (Phi) is 3.12. The van der Waals surface area contributed by atoms with Gasteiger partial charge in [0.05, 0.1) is 29.0 Å². The molecule has 1 saturated heterocycles. The first-order chi connectivity index (χ1) is 8.37. The average Bonchev–Trinajstić information content (AvgIpc) is 2.60. The van der Waals surface area contributed by atoms with E-state index < -0.39 is 15.7 Å². The zero-order chi connectivity index (χ0) is 13.3. The number of nitrogens with zero attached hydrogens (tertiary/aromatic N) is 1. The van der Waals surface area contributed by atoms with Crippen molar-refractivity contribution in [3.8, 4) is 0 Å². The number of nitrogens with one attached hydrogen (secondary N) is 1. The summed E-state index contributed by atoms with van der Waals surface area (Å²) >= 11 is 0. The van der Waals surface area contributed by atoms with Crippen molar-refractivity contribution >= 4 is 27.2 Å². The van der Waals surface area contributed by atoms with Crippen molar-refractivity contribution in [1.29, 1.82) is 0 Å². The molecule has 1 aromatic heterocycles. The highest BCUT2D eigenvalue weighted by Crippen LogP contribution is 2.19.